The summed E-state index contributed by atoms with van der Waals surface area (Å²) in [5, 5.41) is 0.303. The Kier molecular flexibility index (Phi) is 4.57. The summed E-state index contributed by atoms with van der Waals surface area (Å²) in [6.45, 7) is -0.00537. The van der Waals surface area contributed by atoms with E-state index in [9.17, 15) is 9.59 Å². The van der Waals surface area contributed by atoms with Gasteiger partial charge >= 0.3 is 0 Å². The summed E-state index contributed by atoms with van der Waals surface area (Å²) in [5.74, 6) is -1.11. The number of nitrogen functional groups attached to an aromatic ring is 1. The van der Waals surface area contributed by atoms with Gasteiger partial charge < -0.3 is 22.1 Å². The number of nitrogens with two attached hydrogens (primary N) is 3. The van der Waals surface area contributed by atoms with Gasteiger partial charge in [0.05, 0.1) is 22.8 Å². The summed E-state index contributed by atoms with van der Waals surface area (Å²) in [5.41, 5.74) is 17.5. The molecule has 6 nitrogen and oxygen atoms in total. The molecule has 0 spiro atoms. The molecule has 21 heavy (non-hydrogen) atoms. The Morgan fingerprint density at radius 1 is 1.24 bits per heavy atom. The number of halogens is 1. The van der Waals surface area contributed by atoms with Gasteiger partial charge in [-0.15, -0.1) is 0 Å². The number of hydrogen-bond donors (Lipinski definition) is 3. The average molecular weight is 311 g/mol. The predicted octanol–water partition coefficient (Wildman–Crippen LogP) is 1.26. The number of carbonyl (C=O) groups is 2. The second-order valence-corrected chi connectivity index (χ2v) is 5.70. The SMILES string of the molecule is NC(=O)CN(c1c(Cl)cc(N)cc1C(N)=O)C1CCCC1. The van der Waals surface area contributed by atoms with Crippen LogP contribution in [0.4, 0.5) is 11.4 Å². The fourth-order valence-electron chi connectivity index (χ4n) is 2.87. The third kappa shape index (κ3) is 3.39. The van der Waals surface area contributed by atoms with Gasteiger partial charge in [-0.3, -0.25) is 9.59 Å². The zero-order valence-electron chi connectivity index (χ0n) is 11.6. The molecule has 2 amide bonds. The average Bonchev–Trinajstić information content (AvgIpc) is 2.89. The lowest BCUT2D eigenvalue weighted by molar-refractivity contribution is -0.116. The van der Waals surface area contributed by atoms with Crippen LogP contribution in [0.2, 0.25) is 5.02 Å². The zero-order chi connectivity index (χ0) is 15.6. The van der Waals surface area contributed by atoms with Crippen LogP contribution in [-0.2, 0) is 4.79 Å². The molecule has 1 fully saturated rings. The van der Waals surface area contributed by atoms with Crippen LogP contribution < -0.4 is 22.1 Å². The van der Waals surface area contributed by atoms with Crippen LogP contribution in [0.5, 0.6) is 0 Å². The van der Waals surface area contributed by atoms with Crippen molar-refractivity contribution in [2.75, 3.05) is 17.2 Å². The van der Waals surface area contributed by atoms with Gasteiger partial charge in [0.25, 0.3) is 5.91 Å². The van der Waals surface area contributed by atoms with Gasteiger partial charge in [0.1, 0.15) is 0 Å². The van der Waals surface area contributed by atoms with Crippen molar-refractivity contribution < 1.29 is 9.59 Å². The topological polar surface area (TPSA) is 115 Å². The van der Waals surface area contributed by atoms with Crippen molar-refractivity contribution in [2.45, 2.75) is 31.7 Å². The van der Waals surface area contributed by atoms with Crippen molar-refractivity contribution in [3.05, 3.63) is 22.7 Å². The summed E-state index contributed by atoms with van der Waals surface area (Å²) >= 11 is 6.25. The molecule has 0 atom stereocenters. The lowest BCUT2D eigenvalue weighted by atomic mass is 10.1. The molecule has 7 heteroatoms. The number of hydrogen-bond acceptors (Lipinski definition) is 4. The molecular formula is C14H19ClN4O2. The molecule has 0 saturated heterocycles. The Morgan fingerprint density at radius 3 is 2.38 bits per heavy atom. The van der Waals surface area contributed by atoms with Crippen LogP contribution >= 0.6 is 11.6 Å². The molecule has 0 heterocycles. The number of nitrogens with zero attached hydrogens (tertiary/aromatic N) is 1. The third-order valence-corrected chi connectivity index (χ3v) is 4.02. The van der Waals surface area contributed by atoms with E-state index < -0.39 is 11.8 Å². The third-order valence-electron chi connectivity index (χ3n) is 3.73. The van der Waals surface area contributed by atoms with Gasteiger partial charge in [-0.1, -0.05) is 24.4 Å². The molecular weight excluding hydrogens is 292 g/mol. The highest BCUT2D eigenvalue weighted by Crippen LogP contribution is 2.36. The number of anilines is 2. The lowest BCUT2D eigenvalue weighted by Gasteiger charge is -2.32. The first-order valence-electron chi connectivity index (χ1n) is 6.84. The minimum absolute atomic E-state index is 0.00537. The Labute approximate surface area is 128 Å². The molecule has 0 radical (unpaired) electrons. The first kappa shape index (κ1) is 15.4. The number of primary amides is 2. The van der Waals surface area contributed by atoms with Gasteiger partial charge in [0.15, 0.2) is 0 Å². The van der Waals surface area contributed by atoms with E-state index in [4.69, 9.17) is 28.8 Å². The fourth-order valence-corrected chi connectivity index (χ4v) is 3.21. The van der Waals surface area contributed by atoms with Crippen molar-refractivity contribution in [1.82, 2.24) is 0 Å². The van der Waals surface area contributed by atoms with E-state index in [0.29, 0.717) is 16.4 Å². The second-order valence-electron chi connectivity index (χ2n) is 5.30. The molecule has 0 aromatic heterocycles. The van der Waals surface area contributed by atoms with Crippen LogP contribution in [-0.4, -0.2) is 24.4 Å². The van der Waals surface area contributed by atoms with E-state index in [1.165, 1.54) is 6.07 Å². The Balaban J connectivity index is 2.52. The molecule has 0 bridgehead atoms. The molecule has 1 aliphatic rings. The first-order valence-corrected chi connectivity index (χ1v) is 7.21. The van der Waals surface area contributed by atoms with E-state index in [2.05, 4.69) is 0 Å². The minimum Gasteiger partial charge on any atom is -0.399 e. The van der Waals surface area contributed by atoms with Crippen LogP contribution in [0.1, 0.15) is 36.0 Å². The Hall–Kier alpha value is -1.95. The highest BCUT2D eigenvalue weighted by molar-refractivity contribution is 6.34. The predicted molar refractivity (Wildman–Crippen MR) is 83.2 cm³/mol. The standard InChI is InChI=1S/C14H19ClN4O2/c15-11-6-8(16)5-10(14(18)21)13(11)19(7-12(17)20)9-3-1-2-4-9/h5-6,9H,1-4,7,16H2,(H2,17,20)(H2,18,21). The van der Waals surface area contributed by atoms with Gasteiger partial charge in [-0.05, 0) is 25.0 Å². The number of amides is 2. The second kappa shape index (κ2) is 6.22. The van der Waals surface area contributed by atoms with Gasteiger partial charge in [0, 0.05) is 11.7 Å². The number of carbonyl (C=O) groups excluding carboxylic acids is 2. The highest BCUT2D eigenvalue weighted by atomic mass is 35.5. The van der Waals surface area contributed by atoms with E-state index in [-0.39, 0.29) is 18.2 Å². The Bertz CT molecular complexity index is 570. The van der Waals surface area contributed by atoms with Gasteiger partial charge in [-0.2, -0.15) is 0 Å². The minimum atomic E-state index is -0.633. The van der Waals surface area contributed by atoms with Crippen LogP contribution in [0.15, 0.2) is 12.1 Å². The maximum absolute atomic E-state index is 11.7. The van der Waals surface area contributed by atoms with Crippen molar-refractivity contribution in [2.24, 2.45) is 11.5 Å². The quantitative estimate of drug-likeness (QED) is 0.710. The Morgan fingerprint density at radius 2 is 1.86 bits per heavy atom. The maximum Gasteiger partial charge on any atom is 0.250 e. The van der Waals surface area contributed by atoms with E-state index in [0.717, 1.165) is 25.7 Å². The molecule has 0 unspecified atom stereocenters. The van der Waals surface area contributed by atoms with E-state index in [1.54, 1.807) is 11.0 Å². The number of benzene rings is 1. The molecule has 1 aliphatic carbocycles. The molecule has 114 valence electrons. The maximum atomic E-state index is 11.7. The molecule has 2 rings (SSSR count). The summed E-state index contributed by atoms with van der Waals surface area (Å²) in [6.07, 6.45) is 3.98. The van der Waals surface area contributed by atoms with E-state index >= 15 is 0 Å². The van der Waals surface area contributed by atoms with Crippen molar-refractivity contribution in [3.63, 3.8) is 0 Å². The molecule has 1 aromatic carbocycles. The fraction of sp³-hybridized carbons (Fsp3) is 0.429. The lowest BCUT2D eigenvalue weighted by Crippen LogP contribution is -2.41. The van der Waals surface area contributed by atoms with Crippen LogP contribution in [0.3, 0.4) is 0 Å². The van der Waals surface area contributed by atoms with Crippen LogP contribution in [0, 0.1) is 0 Å². The van der Waals surface area contributed by atoms with Gasteiger partial charge in [-0.25, -0.2) is 0 Å². The molecule has 1 saturated carbocycles. The van der Waals surface area contributed by atoms with Gasteiger partial charge in [0.2, 0.25) is 5.91 Å². The number of rotatable bonds is 5. The molecule has 6 N–H and O–H groups in total. The molecule has 0 aliphatic heterocycles. The summed E-state index contributed by atoms with van der Waals surface area (Å²) in [4.78, 5) is 24.9. The van der Waals surface area contributed by atoms with Crippen molar-refractivity contribution in [1.29, 1.82) is 0 Å². The summed E-state index contributed by atoms with van der Waals surface area (Å²) < 4.78 is 0. The largest absolute Gasteiger partial charge is 0.399 e. The highest BCUT2D eigenvalue weighted by Gasteiger charge is 2.28. The normalized spacial score (nSPS) is 15.1. The smallest absolute Gasteiger partial charge is 0.250 e. The monoisotopic (exact) mass is 310 g/mol. The zero-order valence-corrected chi connectivity index (χ0v) is 12.4. The molecule has 1 aromatic rings. The summed E-state index contributed by atoms with van der Waals surface area (Å²) in [7, 11) is 0. The van der Waals surface area contributed by atoms with Crippen molar-refractivity contribution >= 4 is 34.8 Å². The summed E-state index contributed by atoms with van der Waals surface area (Å²) in [6, 6.07) is 3.15. The van der Waals surface area contributed by atoms with Crippen molar-refractivity contribution in [3.8, 4) is 0 Å². The first-order chi connectivity index (χ1) is 9.90. The van der Waals surface area contributed by atoms with E-state index in [1.807, 2.05) is 0 Å². The van der Waals surface area contributed by atoms with Crippen LogP contribution in [0.25, 0.3) is 0 Å².